The molecule has 0 aliphatic carbocycles. The number of hydrogen-bond donors (Lipinski definition) is 2. The molecule has 110 valence electrons. The standard InChI is InChI=1S/C10H16N6O4/c11-1-7-3-15(7)18-6-10(9(19-14)5-17-13)20-16-4-8(16)2-12/h7-10H,3-6,13-14H2. The molecule has 2 rings (SSSR count). The van der Waals surface area contributed by atoms with Crippen molar-refractivity contribution >= 4 is 0 Å². The topological polar surface area (TPSA) is 143 Å². The average Bonchev–Trinajstić information content (AvgIpc) is 3.35. The number of nitriles is 2. The summed E-state index contributed by atoms with van der Waals surface area (Å²) in [4.78, 5) is 20.2. The molecular formula is C10H16N6O4. The van der Waals surface area contributed by atoms with Gasteiger partial charge in [0, 0.05) is 0 Å². The Kier molecular flexibility index (Phi) is 5.19. The molecule has 6 atom stereocenters. The Labute approximate surface area is 115 Å². The summed E-state index contributed by atoms with van der Waals surface area (Å²) in [6.45, 7) is 1.18. The van der Waals surface area contributed by atoms with Crippen LogP contribution in [0.3, 0.4) is 0 Å². The first kappa shape index (κ1) is 15.1. The van der Waals surface area contributed by atoms with Crippen LogP contribution in [0.5, 0.6) is 0 Å². The zero-order valence-electron chi connectivity index (χ0n) is 10.7. The molecular weight excluding hydrogens is 268 g/mol. The van der Waals surface area contributed by atoms with Crippen molar-refractivity contribution in [3.63, 3.8) is 0 Å². The van der Waals surface area contributed by atoms with Gasteiger partial charge in [0.25, 0.3) is 0 Å². The molecule has 20 heavy (non-hydrogen) atoms. The molecule has 0 bridgehead atoms. The van der Waals surface area contributed by atoms with Crippen LogP contribution in [-0.2, 0) is 19.4 Å². The molecule has 0 amide bonds. The van der Waals surface area contributed by atoms with Gasteiger partial charge in [0.05, 0.1) is 38.4 Å². The van der Waals surface area contributed by atoms with Crippen molar-refractivity contribution in [2.45, 2.75) is 24.3 Å². The van der Waals surface area contributed by atoms with Gasteiger partial charge >= 0.3 is 0 Å². The Morgan fingerprint density at radius 2 is 1.70 bits per heavy atom. The highest BCUT2D eigenvalue weighted by Gasteiger charge is 2.41. The van der Waals surface area contributed by atoms with Crippen LogP contribution in [0.2, 0.25) is 0 Å². The summed E-state index contributed by atoms with van der Waals surface area (Å²) >= 11 is 0. The fourth-order valence-corrected chi connectivity index (χ4v) is 1.59. The van der Waals surface area contributed by atoms with E-state index in [0.29, 0.717) is 13.1 Å². The van der Waals surface area contributed by atoms with Gasteiger partial charge in [0.1, 0.15) is 24.3 Å². The van der Waals surface area contributed by atoms with E-state index in [1.54, 1.807) is 0 Å². The third-order valence-electron chi connectivity index (χ3n) is 2.96. The summed E-state index contributed by atoms with van der Waals surface area (Å²) in [5.74, 6) is 10.2. The van der Waals surface area contributed by atoms with Gasteiger partial charge in [-0.1, -0.05) is 0 Å². The van der Waals surface area contributed by atoms with Crippen LogP contribution in [0.4, 0.5) is 0 Å². The van der Waals surface area contributed by atoms with Crippen LogP contribution in [0, 0.1) is 22.7 Å². The van der Waals surface area contributed by atoms with Gasteiger partial charge in [-0.15, -0.1) is 0 Å². The lowest BCUT2D eigenvalue weighted by Crippen LogP contribution is -2.43. The molecule has 0 aromatic rings. The lowest BCUT2D eigenvalue weighted by atomic mass is 10.2. The smallest absolute Gasteiger partial charge is 0.137 e. The number of hydroxylamine groups is 4. The van der Waals surface area contributed by atoms with Gasteiger partial charge in [0.15, 0.2) is 0 Å². The number of nitrogens with zero attached hydrogens (tertiary/aromatic N) is 4. The third kappa shape index (κ3) is 3.83. The van der Waals surface area contributed by atoms with Crippen molar-refractivity contribution in [1.29, 1.82) is 10.5 Å². The molecule has 6 unspecified atom stereocenters. The van der Waals surface area contributed by atoms with E-state index >= 15 is 0 Å². The maximum absolute atomic E-state index is 8.74. The first-order valence-electron chi connectivity index (χ1n) is 6.03. The minimum atomic E-state index is -0.652. The van der Waals surface area contributed by atoms with Gasteiger partial charge in [0.2, 0.25) is 0 Å². The Balaban J connectivity index is 1.83. The molecule has 2 aliphatic heterocycles. The summed E-state index contributed by atoms with van der Waals surface area (Å²) in [6.07, 6.45) is -1.25. The maximum Gasteiger partial charge on any atom is 0.137 e. The molecule has 10 heteroatoms. The van der Waals surface area contributed by atoms with Gasteiger partial charge in [-0.2, -0.15) is 20.7 Å². The first-order chi connectivity index (χ1) is 9.73. The van der Waals surface area contributed by atoms with E-state index in [1.807, 2.05) is 0 Å². The molecule has 2 fully saturated rings. The Morgan fingerprint density at radius 3 is 2.20 bits per heavy atom. The Bertz CT molecular complexity index is 410. The normalized spacial score (nSPS) is 33.8. The van der Waals surface area contributed by atoms with Gasteiger partial charge < -0.3 is 4.84 Å². The van der Waals surface area contributed by atoms with E-state index in [2.05, 4.69) is 17.0 Å². The molecule has 10 nitrogen and oxygen atoms in total. The van der Waals surface area contributed by atoms with Crippen LogP contribution in [-0.4, -0.2) is 60.7 Å². The average molecular weight is 284 g/mol. The predicted molar refractivity (Wildman–Crippen MR) is 62.2 cm³/mol. The Morgan fingerprint density at radius 1 is 1.05 bits per heavy atom. The maximum atomic E-state index is 8.74. The molecule has 2 saturated heterocycles. The largest absolute Gasteiger partial charge is 0.302 e. The quantitative estimate of drug-likeness (QED) is 0.353. The third-order valence-corrected chi connectivity index (χ3v) is 2.96. The SMILES string of the molecule is N#CC1CN1OCC(ON1CC1C#N)C(CON)ON. The summed E-state index contributed by atoms with van der Waals surface area (Å²) < 4.78 is 0. The zero-order chi connectivity index (χ0) is 14.5. The number of nitrogens with two attached hydrogens (primary N) is 2. The second kappa shape index (κ2) is 6.90. The number of rotatable bonds is 9. The van der Waals surface area contributed by atoms with Gasteiger partial charge in [-0.25, -0.2) is 11.8 Å². The molecule has 0 saturated carbocycles. The van der Waals surface area contributed by atoms with Crippen LogP contribution in [0.1, 0.15) is 0 Å². The summed E-state index contributed by atoms with van der Waals surface area (Å²) in [7, 11) is 0. The predicted octanol–water partition coefficient (Wildman–Crippen LogP) is -2.22. The molecule has 0 aromatic heterocycles. The zero-order valence-corrected chi connectivity index (χ0v) is 10.7. The molecule has 0 radical (unpaired) electrons. The molecule has 2 heterocycles. The Hall–Kier alpha value is -1.34. The van der Waals surface area contributed by atoms with Crippen LogP contribution >= 0.6 is 0 Å². The van der Waals surface area contributed by atoms with E-state index in [4.69, 9.17) is 36.8 Å². The summed E-state index contributed by atoms with van der Waals surface area (Å²) in [6, 6.07) is 3.61. The lowest BCUT2D eigenvalue weighted by Gasteiger charge is -2.24. The highest BCUT2D eigenvalue weighted by molar-refractivity contribution is 5.03. The monoisotopic (exact) mass is 284 g/mol. The van der Waals surface area contributed by atoms with Crippen LogP contribution < -0.4 is 11.8 Å². The van der Waals surface area contributed by atoms with E-state index in [0.717, 1.165) is 0 Å². The van der Waals surface area contributed by atoms with E-state index in [-0.39, 0.29) is 25.3 Å². The fraction of sp³-hybridized carbons (Fsp3) is 0.800. The highest BCUT2D eigenvalue weighted by Crippen LogP contribution is 2.22. The second-order valence-electron chi connectivity index (χ2n) is 4.44. The van der Waals surface area contributed by atoms with Crippen molar-refractivity contribution in [2.75, 3.05) is 26.3 Å². The lowest BCUT2D eigenvalue weighted by molar-refractivity contribution is -0.223. The van der Waals surface area contributed by atoms with Crippen molar-refractivity contribution in [2.24, 2.45) is 11.8 Å². The molecule has 2 aliphatic rings. The van der Waals surface area contributed by atoms with Crippen molar-refractivity contribution < 1.29 is 19.4 Å². The van der Waals surface area contributed by atoms with Crippen LogP contribution in [0.15, 0.2) is 0 Å². The van der Waals surface area contributed by atoms with Gasteiger partial charge in [-0.3, -0.25) is 14.5 Å². The minimum Gasteiger partial charge on any atom is -0.302 e. The van der Waals surface area contributed by atoms with Crippen LogP contribution in [0.25, 0.3) is 0 Å². The van der Waals surface area contributed by atoms with Crippen molar-refractivity contribution in [1.82, 2.24) is 10.1 Å². The highest BCUT2D eigenvalue weighted by atomic mass is 16.8. The van der Waals surface area contributed by atoms with E-state index in [9.17, 15) is 0 Å². The summed E-state index contributed by atoms with van der Waals surface area (Å²) in [5, 5.41) is 20.4. The molecule has 4 N–H and O–H groups in total. The van der Waals surface area contributed by atoms with Gasteiger partial charge in [-0.05, 0) is 0 Å². The van der Waals surface area contributed by atoms with E-state index < -0.39 is 12.2 Å². The summed E-state index contributed by atoms with van der Waals surface area (Å²) in [5.41, 5.74) is 0. The number of hydrogen-bond acceptors (Lipinski definition) is 10. The molecule has 0 spiro atoms. The fourth-order valence-electron chi connectivity index (χ4n) is 1.59. The first-order valence-corrected chi connectivity index (χ1v) is 6.03. The van der Waals surface area contributed by atoms with Crippen molar-refractivity contribution in [3.05, 3.63) is 0 Å². The van der Waals surface area contributed by atoms with Crippen molar-refractivity contribution in [3.8, 4) is 12.1 Å². The van der Waals surface area contributed by atoms with E-state index in [1.165, 1.54) is 10.1 Å². The minimum absolute atomic E-state index is 0.0112. The second-order valence-corrected chi connectivity index (χ2v) is 4.44. The molecule has 0 aromatic carbocycles.